The molecule has 0 heterocycles. The molecule has 0 saturated carbocycles. The average molecular weight is 447 g/mol. The first-order valence-electron chi connectivity index (χ1n) is 8.08. The molecular weight excluding hydrogens is 427 g/mol. The molecule has 0 atom stereocenters. The van der Waals surface area contributed by atoms with Gasteiger partial charge in [-0.15, -0.1) is 11.8 Å². The van der Waals surface area contributed by atoms with Crippen LogP contribution in [0, 0.1) is 0 Å². The molecular formula is C18H20Cl2N2O3S2. The van der Waals surface area contributed by atoms with E-state index in [1.54, 1.807) is 23.9 Å². The van der Waals surface area contributed by atoms with Gasteiger partial charge in [-0.05, 0) is 43.0 Å². The molecule has 1 N–H and O–H groups in total. The number of carbonyl (C=O) groups is 1. The molecule has 27 heavy (non-hydrogen) atoms. The second-order valence-electron chi connectivity index (χ2n) is 5.79. The number of carbonyl (C=O) groups excluding carboxylic acids is 1. The number of thioether (sulfide) groups is 1. The van der Waals surface area contributed by atoms with Crippen LogP contribution in [0.3, 0.4) is 0 Å². The van der Waals surface area contributed by atoms with Gasteiger partial charge in [0.25, 0.3) is 0 Å². The maximum atomic E-state index is 12.2. The lowest BCUT2D eigenvalue weighted by Gasteiger charge is -2.22. The van der Waals surface area contributed by atoms with E-state index in [9.17, 15) is 13.2 Å². The molecule has 146 valence electrons. The van der Waals surface area contributed by atoms with Crippen LogP contribution in [0.15, 0.2) is 47.4 Å². The summed E-state index contributed by atoms with van der Waals surface area (Å²) in [6.45, 7) is 0.161. The molecule has 0 radical (unpaired) electrons. The summed E-state index contributed by atoms with van der Waals surface area (Å²) in [5, 5.41) is 3.48. The molecule has 0 saturated heterocycles. The van der Waals surface area contributed by atoms with Crippen molar-refractivity contribution in [2.75, 3.05) is 28.7 Å². The Morgan fingerprint density at radius 3 is 2.48 bits per heavy atom. The van der Waals surface area contributed by atoms with Crippen molar-refractivity contribution in [2.24, 2.45) is 0 Å². The molecule has 9 heteroatoms. The van der Waals surface area contributed by atoms with Crippen molar-refractivity contribution in [3.05, 3.63) is 52.5 Å². The Balaban J connectivity index is 2.01. The number of sulfonamides is 1. The number of hydrogen-bond donors (Lipinski definition) is 1. The molecule has 2 aromatic carbocycles. The van der Waals surface area contributed by atoms with Gasteiger partial charge in [0.2, 0.25) is 15.9 Å². The molecule has 0 fully saturated rings. The van der Waals surface area contributed by atoms with E-state index in [-0.39, 0.29) is 23.9 Å². The lowest BCUT2D eigenvalue weighted by atomic mass is 10.2. The van der Waals surface area contributed by atoms with Crippen molar-refractivity contribution in [1.82, 2.24) is 0 Å². The summed E-state index contributed by atoms with van der Waals surface area (Å²) < 4.78 is 25.5. The number of benzene rings is 2. The van der Waals surface area contributed by atoms with Crippen molar-refractivity contribution < 1.29 is 13.2 Å². The topological polar surface area (TPSA) is 66.5 Å². The van der Waals surface area contributed by atoms with Gasteiger partial charge in [-0.1, -0.05) is 35.3 Å². The predicted molar refractivity (Wildman–Crippen MR) is 115 cm³/mol. The third-order valence-electron chi connectivity index (χ3n) is 3.74. The van der Waals surface area contributed by atoms with Crippen LogP contribution in [0.4, 0.5) is 11.4 Å². The molecule has 0 aliphatic heterocycles. The van der Waals surface area contributed by atoms with E-state index < -0.39 is 10.0 Å². The van der Waals surface area contributed by atoms with E-state index in [1.807, 2.05) is 30.5 Å². The number of hydrogen-bond acceptors (Lipinski definition) is 4. The number of rotatable bonds is 8. The lowest BCUT2D eigenvalue weighted by Crippen LogP contribution is -2.31. The largest absolute Gasteiger partial charge is 0.325 e. The van der Waals surface area contributed by atoms with Crippen LogP contribution < -0.4 is 9.62 Å². The van der Waals surface area contributed by atoms with E-state index >= 15 is 0 Å². The first-order valence-corrected chi connectivity index (χ1v) is 11.9. The molecule has 0 aliphatic rings. The van der Waals surface area contributed by atoms with Crippen molar-refractivity contribution in [3.63, 3.8) is 0 Å². The van der Waals surface area contributed by atoms with E-state index in [0.29, 0.717) is 17.1 Å². The minimum Gasteiger partial charge on any atom is -0.325 e. The van der Waals surface area contributed by atoms with Gasteiger partial charge < -0.3 is 5.32 Å². The zero-order chi connectivity index (χ0) is 20.0. The van der Waals surface area contributed by atoms with Crippen LogP contribution in [0.25, 0.3) is 0 Å². The molecule has 0 aliphatic carbocycles. The van der Waals surface area contributed by atoms with Gasteiger partial charge in [-0.25, -0.2) is 8.42 Å². The summed E-state index contributed by atoms with van der Waals surface area (Å²) in [4.78, 5) is 13.2. The minimum absolute atomic E-state index is 0.161. The zero-order valence-corrected chi connectivity index (χ0v) is 18.1. The molecule has 2 aromatic rings. The Hall–Kier alpha value is -1.41. The van der Waals surface area contributed by atoms with Crippen molar-refractivity contribution >= 4 is 62.3 Å². The van der Waals surface area contributed by atoms with Gasteiger partial charge >= 0.3 is 0 Å². The van der Waals surface area contributed by atoms with E-state index in [2.05, 4.69) is 5.32 Å². The molecule has 2 rings (SSSR count). The lowest BCUT2D eigenvalue weighted by molar-refractivity contribution is -0.116. The Labute approximate surface area is 174 Å². The number of nitrogens with one attached hydrogen (secondary N) is 1. The summed E-state index contributed by atoms with van der Waals surface area (Å²) in [6, 6.07) is 12.2. The van der Waals surface area contributed by atoms with Crippen LogP contribution in [0.2, 0.25) is 10.0 Å². The molecule has 0 aromatic heterocycles. The predicted octanol–water partition coefficient (Wildman–Crippen LogP) is 4.90. The van der Waals surface area contributed by atoms with E-state index in [1.165, 1.54) is 10.4 Å². The highest BCUT2D eigenvalue weighted by molar-refractivity contribution is 7.98. The summed E-state index contributed by atoms with van der Waals surface area (Å²) >= 11 is 13.4. The van der Waals surface area contributed by atoms with Crippen LogP contribution in [-0.2, 0) is 14.8 Å². The van der Waals surface area contributed by atoms with Crippen molar-refractivity contribution in [1.29, 1.82) is 0 Å². The third-order valence-corrected chi connectivity index (χ3v) is 6.47. The van der Waals surface area contributed by atoms with Gasteiger partial charge in [-0.3, -0.25) is 9.10 Å². The minimum atomic E-state index is -3.52. The summed E-state index contributed by atoms with van der Waals surface area (Å²) in [6.07, 6.45) is 3.60. The fraction of sp³-hybridized carbons (Fsp3) is 0.278. The summed E-state index contributed by atoms with van der Waals surface area (Å²) in [7, 11) is -3.52. The highest BCUT2D eigenvalue weighted by atomic mass is 35.5. The normalized spacial score (nSPS) is 11.3. The quantitative estimate of drug-likeness (QED) is 0.585. The number of anilines is 2. The fourth-order valence-electron chi connectivity index (χ4n) is 2.47. The van der Waals surface area contributed by atoms with Crippen molar-refractivity contribution in [2.45, 2.75) is 17.7 Å². The molecule has 0 spiro atoms. The Bertz CT molecular complexity index is 921. The molecule has 0 bridgehead atoms. The fourth-order valence-corrected chi connectivity index (χ4v) is 4.27. The Morgan fingerprint density at radius 2 is 1.85 bits per heavy atom. The number of amides is 1. The number of nitrogens with zero attached hydrogens (tertiary/aromatic N) is 1. The molecule has 0 unspecified atom stereocenters. The van der Waals surface area contributed by atoms with Crippen LogP contribution in [-0.4, -0.2) is 33.4 Å². The maximum absolute atomic E-state index is 12.2. The van der Waals surface area contributed by atoms with E-state index in [0.717, 1.165) is 16.8 Å². The van der Waals surface area contributed by atoms with Gasteiger partial charge in [0, 0.05) is 17.9 Å². The maximum Gasteiger partial charge on any atom is 0.232 e. The van der Waals surface area contributed by atoms with Crippen molar-refractivity contribution in [3.8, 4) is 0 Å². The molecule has 5 nitrogen and oxygen atoms in total. The second kappa shape index (κ2) is 9.68. The highest BCUT2D eigenvalue weighted by Gasteiger charge is 2.18. The van der Waals surface area contributed by atoms with Gasteiger partial charge in [0.15, 0.2) is 0 Å². The number of para-hydroxylation sites is 1. The standard InChI is InChI=1S/C18H20Cl2N2O3S2/c1-26-17-7-4-3-6-16(17)21-18(23)8-5-11-22(27(2,24)25)13-9-10-14(19)15(20)12-13/h3-4,6-7,9-10,12H,5,8,11H2,1-2H3,(H,21,23). The third kappa shape index (κ3) is 6.31. The average Bonchev–Trinajstić information content (AvgIpc) is 2.60. The first kappa shape index (κ1) is 21.9. The summed E-state index contributed by atoms with van der Waals surface area (Å²) in [5.74, 6) is -0.168. The monoisotopic (exact) mass is 446 g/mol. The zero-order valence-electron chi connectivity index (χ0n) is 14.9. The van der Waals surface area contributed by atoms with Gasteiger partial charge in [-0.2, -0.15) is 0 Å². The van der Waals surface area contributed by atoms with Gasteiger partial charge in [0.05, 0.1) is 27.7 Å². The summed E-state index contributed by atoms with van der Waals surface area (Å²) in [5.41, 5.74) is 1.17. The highest BCUT2D eigenvalue weighted by Crippen LogP contribution is 2.29. The van der Waals surface area contributed by atoms with Crippen LogP contribution in [0.5, 0.6) is 0 Å². The smallest absolute Gasteiger partial charge is 0.232 e. The SMILES string of the molecule is CSc1ccccc1NC(=O)CCCN(c1ccc(Cl)c(Cl)c1)S(C)(=O)=O. The number of halogens is 2. The van der Waals surface area contributed by atoms with E-state index in [4.69, 9.17) is 23.2 Å². The second-order valence-corrected chi connectivity index (χ2v) is 9.35. The Kier molecular flexibility index (Phi) is 7.85. The van der Waals surface area contributed by atoms with Crippen LogP contribution in [0.1, 0.15) is 12.8 Å². The molecule has 1 amide bonds. The first-order chi connectivity index (χ1) is 12.7. The van der Waals surface area contributed by atoms with Crippen LogP contribution >= 0.6 is 35.0 Å². The van der Waals surface area contributed by atoms with Gasteiger partial charge in [0.1, 0.15) is 0 Å². The Morgan fingerprint density at radius 1 is 1.15 bits per heavy atom.